The highest BCUT2D eigenvalue weighted by molar-refractivity contribution is 7.16. The fourth-order valence-electron chi connectivity index (χ4n) is 5.06. The van der Waals surface area contributed by atoms with Crippen molar-refractivity contribution in [2.45, 2.75) is 70.9 Å². The van der Waals surface area contributed by atoms with Gasteiger partial charge in [-0.25, -0.2) is 9.78 Å². The van der Waals surface area contributed by atoms with Crippen molar-refractivity contribution >= 4 is 63.7 Å². The van der Waals surface area contributed by atoms with Gasteiger partial charge < -0.3 is 14.4 Å². The molecule has 1 aromatic carbocycles. The predicted molar refractivity (Wildman–Crippen MR) is 167 cm³/mol. The lowest BCUT2D eigenvalue weighted by Gasteiger charge is -2.29. The number of thiazole rings is 2. The average molecular weight is 609 g/mol. The van der Waals surface area contributed by atoms with Crippen LogP contribution in [0.5, 0.6) is 0 Å². The van der Waals surface area contributed by atoms with E-state index in [1.54, 1.807) is 23.6 Å². The molecule has 0 saturated heterocycles. The number of carbonyl (C=O) groups excluding carboxylic acids is 1. The van der Waals surface area contributed by atoms with Crippen LogP contribution in [0.4, 0.5) is 16.8 Å². The molecule has 41 heavy (non-hydrogen) atoms. The summed E-state index contributed by atoms with van der Waals surface area (Å²) in [5.41, 5.74) is 3.88. The number of aromatic nitrogens is 4. The SMILES string of the molecule is CCOC(=O)c1csc(N2CCCc3c2nnc(N=c2sc4ccccc4n2COCC[Si](C)(C)C)c3C2CC2)n1. The lowest BCUT2D eigenvalue weighted by Crippen LogP contribution is -2.27. The molecule has 0 atom stereocenters. The molecule has 1 aliphatic carbocycles. The summed E-state index contributed by atoms with van der Waals surface area (Å²) in [5.74, 6) is 1.59. The molecular weight excluding hydrogens is 573 g/mol. The van der Waals surface area contributed by atoms with Crippen molar-refractivity contribution in [1.29, 1.82) is 0 Å². The number of benzene rings is 1. The van der Waals surface area contributed by atoms with Crippen LogP contribution in [0.2, 0.25) is 25.7 Å². The average Bonchev–Trinajstić information content (AvgIpc) is 3.55. The molecule has 12 heteroatoms. The van der Waals surface area contributed by atoms with Gasteiger partial charge in [0.05, 0.1) is 16.8 Å². The maximum absolute atomic E-state index is 12.2. The van der Waals surface area contributed by atoms with Crippen LogP contribution in [0.25, 0.3) is 10.2 Å². The Morgan fingerprint density at radius 1 is 1.20 bits per heavy atom. The molecule has 1 fully saturated rings. The molecule has 3 aromatic heterocycles. The Balaban J connectivity index is 1.37. The summed E-state index contributed by atoms with van der Waals surface area (Å²) in [6.07, 6.45) is 4.17. The Bertz CT molecular complexity index is 1640. The van der Waals surface area contributed by atoms with Crippen LogP contribution in [0, 0.1) is 0 Å². The molecule has 0 N–H and O–H groups in total. The smallest absolute Gasteiger partial charge is 0.357 e. The van der Waals surface area contributed by atoms with E-state index < -0.39 is 14.0 Å². The first-order valence-electron chi connectivity index (χ1n) is 14.3. The maximum Gasteiger partial charge on any atom is 0.357 e. The lowest BCUT2D eigenvalue weighted by molar-refractivity contribution is 0.0520. The molecule has 0 amide bonds. The molecule has 2 aliphatic rings. The molecule has 4 heterocycles. The number of ether oxygens (including phenoxy) is 2. The van der Waals surface area contributed by atoms with Crippen molar-refractivity contribution < 1.29 is 14.3 Å². The van der Waals surface area contributed by atoms with Gasteiger partial charge in [0.1, 0.15) is 6.73 Å². The Morgan fingerprint density at radius 3 is 2.80 bits per heavy atom. The van der Waals surface area contributed by atoms with Gasteiger partial charge in [-0.15, -0.1) is 21.5 Å². The summed E-state index contributed by atoms with van der Waals surface area (Å²) in [6, 6.07) is 9.51. The van der Waals surface area contributed by atoms with E-state index in [1.165, 1.54) is 27.2 Å². The van der Waals surface area contributed by atoms with Gasteiger partial charge in [0, 0.05) is 37.7 Å². The van der Waals surface area contributed by atoms with Crippen LogP contribution < -0.4 is 9.70 Å². The summed E-state index contributed by atoms with van der Waals surface area (Å²) in [6.45, 7) is 11.2. The Kier molecular flexibility index (Phi) is 8.08. The van der Waals surface area contributed by atoms with Crippen molar-refractivity contribution in [2.75, 3.05) is 24.7 Å². The number of hydrogen-bond donors (Lipinski definition) is 0. The minimum atomic E-state index is -1.18. The van der Waals surface area contributed by atoms with E-state index in [1.807, 2.05) is 0 Å². The van der Waals surface area contributed by atoms with E-state index in [-0.39, 0.29) is 0 Å². The molecule has 0 bridgehead atoms. The lowest BCUT2D eigenvalue weighted by atomic mass is 9.97. The second-order valence-corrected chi connectivity index (χ2v) is 19.2. The molecule has 6 rings (SSSR count). The summed E-state index contributed by atoms with van der Waals surface area (Å²) >= 11 is 3.10. The van der Waals surface area contributed by atoms with E-state index >= 15 is 0 Å². The van der Waals surface area contributed by atoms with Gasteiger partial charge in [-0.2, -0.15) is 4.99 Å². The Morgan fingerprint density at radius 2 is 2.02 bits per heavy atom. The van der Waals surface area contributed by atoms with Crippen molar-refractivity contribution in [3.8, 4) is 0 Å². The quantitative estimate of drug-likeness (QED) is 0.113. The third-order valence-electron chi connectivity index (χ3n) is 7.34. The summed E-state index contributed by atoms with van der Waals surface area (Å²) in [5, 5.41) is 11.9. The van der Waals surface area contributed by atoms with Crippen molar-refractivity contribution in [3.63, 3.8) is 0 Å². The second kappa shape index (κ2) is 11.7. The van der Waals surface area contributed by atoms with Crippen LogP contribution in [0.15, 0.2) is 34.6 Å². The second-order valence-electron chi connectivity index (χ2n) is 11.7. The highest BCUT2D eigenvalue weighted by atomic mass is 32.1. The van der Waals surface area contributed by atoms with Gasteiger partial charge in [-0.3, -0.25) is 4.57 Å². The molecule has 4 aromatic rings. The number of anilines is 2. The van der Waals surface area contributed by atoms with Crippen molar-refractivity contribution in [2.24, 2.45) is 4.99 Å². The molecule has 9 nitrogen and oxygen atoms in total. The molecule has 216 valence electrons. The number of esters is 1. The molecular formula is C29H36N6O3S2Si. The molecule has 1 aliphatic heterocycles. The fraction of sp³-hybridized carbons (Fsp3) is 0.483. The highest BCUT2D eigenvalue weighted by Crippen LogP contribution is 2.48. The van der Waals surface area contributed by atoms with Gasteiger partial charge in [0.15, 0.2) is 27.3 Å². The zero-order valence-electron chi connectivity index (χ0n) is 24.1. The zero-order valence-corrected chi connectivity index (χ0v) is 26.7. The number of fused-ring (bicyclic) bond motifs is 2. The zero-order chi connectivity index (χ0) is 28.6. The minimum Gasteiger partial charge on any atom is -0.461 e. The predicted octanol–water partition coefficient (Wildman–Crippen LogP) is 6.63. The van der Waals surface area contributed by atoms with Crippen LogP contribution in [0.3, 0.4) is 0 Å². The standard InChI is InChI=1S/C29H36N6O3S2Si/c1-5-38-27(36)21-17-39-28(30-21)34-14-8-9-20-24(19-12-13-19)25(32-33-26(20)34)31-29-35(18-37-15-16-41(2,3)4)22-10-6-7-11-23(22)40-29/h6-7,10-11,17,19H,5,8-9,12-16,18H2,1-4H3. The summed E-state index contributed by atoms with van der Waals surface area (Å²) in [7, 11) is -1.18. The van der Waals surface area contributed by atoms with Gasteiger partial charge in [0.25, 0.3) is 0 Å². The summed E-state index contributed by atoms with van der Waals surface area (Å²) < 4.78 is 14.7. The first-order valence-corrected chi connectivity index (χ1v) is 19.7. The molecule has 0 unspecified atom stereocenters. The van der Waals surface area contributed by atoms with Gasteiger partial charge >= 0.3 is 5.97 Å². The van der Waals surface area contributed by atoms with Crippen LogP contribution in [0.1, 0.15) is 53.7 Å². The first kappa shape index (κ1) is 28.2. The van der Waals surface area contributed by atoms with Gasteiger partial charge in [-0.1, -0.05) is 43.1 Å². The largest absolute Gasteiger partial charge is 0.461 e. The molecule has 0 spiro atoms. The van der Waals surface area contributed by atoms with Crippen LogP contribution >= 0.6 is 22.7 Å². The monoisotopic (exact) mass is 608 g/mol. The topological polar surface area (TPSA) is 94.7 Å². The van der Waals surface area contributed by atoms with E-state index in [9.17, 15) is 4.79 Å². The fourth-order valence-corrected chi connectivity index (χ4v) is 7.66. The van der Waals surface area contributed by atoms with Gasteiger partial charge in [0.2, 0.25) is 0 Å². The first-order chi connectivity index (χ1) is 19.8. The number of rotatable bonds is 10. The summed E-state index contributed by atoms with van der Waals surface area (Å²) in [4.78, 5) is 25.0. The van der Waals surface area contributed by atoms with Crippen molar-refractivity contribution in [1.82, 2.24) is 19.7 Å². The maximum atomic E-state index is 12.2. The molecule has 0 radical (unpaired) electrons. The van der Waals surface area contributed by atoms with E-state index in [2.05, 4.69) is 58.4 Å². The minimum absolute atomic E-state index is 0.325. The van der Waals surface area contributed by atoms with Gasteiger partial charge in [-0.05, 0) is 56.7 Å². The molecule has 1 saturated carbocycles. The van der Waals surface area contributed by atoms with E-state index in [0.29, 0.717) is 30.8 Å². The number of carbonyl (C=O) groups is 1. The van der Waals surface area contributed by atoms with Crippen LogP contribution in [-0.2, 0) is 22.6 Å². The number of hydrogen-bond acceptors (Lipinski definition) is 10. The van der Waals surface area contributed by atoms with Crippen LogP contribution in [-0.4, -0.2) is 53.6 Å². The normalized spacial score (nSPS) is 15.9. The number of nitrogens with zero attached hydrogens (tertiary/aromatic N) is 6. The third-order valence-corrected chi connectivity index (χ3v) is 11.0. The third kappa shape index (κ3) is 6.15. The van der Waals surface area contributed by atoms with E-state index in [0.717, 1.165) is 66.1 Å². The number of para-hydroxylation sites is 1. The van der Waals surface area contributed by atoms with E-state index in [4.69, 9.17) is 24.7 Å². The Hall–Kier alpha value is -2.93. The highest BCUT2D eigenvalue weighted by Gasteiger charge is 2.35. The Labute approximate surface area is 248 Å². The van der Waals surface area contributed by atoms with Crippen molar-refractivity contribution in [3.05, 3.63) is 51.3 Å².